The second kappa shape index (κ2) is 12.1. The molecule has 6 nitrogen and oxygen atoms in total. The van der Waals surface area contributed by atoms with Crippen molar-refractivity contribution in [2.75, 3.05) is 26.7 Å². The van der Waals surface area contributed by atoms with Crippen molar-refractivity contribution < 1.29 is 9.13 Å². The highest BCUT2D eigenvalue weighted by Gasteiger charge is 2.24. The van der Waals surface area contributed by atoms with E-state index < -0.39 is 0 Å². The van der Waals surface area contributed by atoms with Gasteiger partial charge in [-0.2, -0.15) is 5.10 Å². The van der Waals surface area contributed by atoms with E-state index in [0.29, 0.717) is 13.1 Å². The van der Waals surface area contributed by atoms with Crippen LogP contribution in [0.4, 0.5) is 4.39 Å². The number of aliphatic imine (C=N–C) groups is 1. The third-order valence-corrected chi connectivity index (χ3v) is 4.42. The average molecular weight is 517 g/mol. The van der Waals surface area contributed by atoms with Gasteiger partial charge in [0.25, 0.3) is 0 Å². The second-order valence-corrected chi connectivity index (χ2v) is 7.71. The molecule has 2 rings (SSSR count). The van der Waals surface area contributed by atoms with Crippen molar-refractivity contribution in [3.63, 3.8) is 0 Å². The number of hydrogen-bond donors (Lipinski definition) is 2. The van der Waals surface area contributed by atoms with Gasteiger partial charge in [-0.05, 0) is 42.7 Å². The van der Waals surface area contributed by atoms with Gasteiger partial charge in [0.2, 0.25) is 0 Å². The summed E-state index contributed by atoms with van der Waals surface area (Å²) in [5, 5.41) is 11.1. The number of methoxy groups -OCH3 is 1. The van der Waals surface area contributed by atoms with Crippen LogP contribution in [0.15, 0.2) is 41.5 Å². The molecule has 1 unspecified atom stereocenters. The van der Waals surface area contributed by atoms with Gasteiger partial charge < -0.3 is 15.4 Å². The molecule has 0 fully saturated rings. The van der Waals surface area contributed by atoms with E-state index in [0.717, 1.165) is 30.3 Å². The lowest BCUT2D eigenvalue weighted by Crippen LogP contribution is -2.40. The molecule has 29 heavy (non-hydrogen) atoms. The molecule has 0 aliphatic heterocycles. The van der Waals surface area contributed by atoms with Crippen LogP contribution in [0.5, 0.6) is 0 Å². The van der Waals surface area contributed by atoms with E-state index in [1.807, 2.05) is 19.2 Å². The first kappa shape index (κ1) is 25.4. The zero-order valence-electron chi connectivity index (χ0n) is 17.9. The minimum absolute atomic E-state index is 0. The van der Waals surface area contributed by atoms with Crippen molar-refractivity contribution in [3.8, 4) is 5.69 Å². The van der Waals surface area contributed by atoms with Crippen molar-refractivity contribution in [1.29, 1.82) is 0 Å². The maximum atomic E-state index is 13.1. The fourth-order valence-corrected chi connectivity index (χ4v) is 2.76. The maximum absolute atomic E-state index is 13.1. The fraction of sp³-hybridized carbons (Fsp3) is 0.524. The Morgan fingerprint density at radius 2 is 1.90 bits per heavy atom. The quantitative estimate of drug-likeness (QED) is 0.318. The van der Waals surface area contributed by atoms with Crippen LogP contribution in [0.2, 0.25) is 0 Å². The summed E-state index contributed by atoms with van der Waals surface area (Å²) in [6, 6.07) is 8.25. The van der Waals surface area contributed by atoms with Gasteiger partial charge in [-0.3, -0.25) is 4.99 Å². The Hall–Kier alpha value is -1.68. The summed E-state index contributed by atoms with van der Waals surface area (Å²) >= 11 is 0. The highest BCUT2D eigenvalue weighted by Crippen LogP contribution is 2.21. The van der Waals surface area contributed by atoms with Crippen molar-refractivity contribution in [3.05, 3.63) is 48.0 Å². The molecule has 1 aromatic heterocycles. The summed E-state index contributed by atoms with van der Waals surface area (Å²) in [4.78, 5) is 4.65. The molecule has 8 heteroatoms. The summed E-state index contributed by atoms with van der Waals surface area (Å²) in [5.41, 5.74) is 1.82. The van der Waals surface area contributed by atoms with E-state index in [1.54, 1.807) is 23.9 Å². The zero-order valence-corrected chi connectivity index (χ0v) is 20.2. The molecule has 1 aromatic carbocycles. The Morgan fingerprint density at radius 1 is 1.21 bits per heavy atom. The van der Waals surface area contributed by atoms with Crippen LogP contribution in [-0.2, 0) is 11.2 Å². The minimum Gasteiger partial charge on any atom is -0.379 e. The van der Waals surface area contributed by atoms with Crippen molar-refractivity contribution in [2.24, 2.45) is 10.4 Å². The Morgan fingerprint density at radius 3 is 2.48 bits per heavy atom. The molecule has 2 aromatic rings. The monoisotopic (exact) mass is 517 g/mol. The van der Waals surface area contributed by atoms with Crippen molar-refractivity contribution in [1.82, 2.24) is 20.4 Å². The van der Waals surface area contributed by atoms with Crippen molar-refractivity contribution in [2.45, 2.75) is 40.2 Å². The van der Waals surface area contributed by atoms with Crippen molar-refractivity contribution >= 4 is 29.9 Å². The highest BCUT2D eigenvalue weighted by atomic mass is 127. The Kier molecular flexibility index (Phi) is 10.6. The predicted molar refractivity (Wildman–Crippen MR) is 127 cm³/mol. The lowest BCUT2D eigenvalue weighted by atomic mass is 9.89. The van der Waals surface area contributed by atoms with Gasteiger partial charge >= 0.3 is 0 Å². The van der Waals surface area contributed by atoms with Crippen LogP contribution in [0.1, 0.15) is 33.4 Å². The topological polar surface area (TPSA) is 63.5 Å². The summed E-state index contributed by atoms with van der Waals surface area (Å²) < 4.78 is 20.4. The van der Waals surface area contributed by atoms with Gasteiger partial charge in [-0.1, -0.05) is 20.8 Å². The summed E-state index contributed by atoms with van der Waals surface area (Å²) in [6.45, 7) is 10.6. The van der Waals surface area contributed by atoms with Crippen LogP contribution >= 0.6 is 24.0 Å². The molecule has 1 heterocycles. The normalized spacial score (nSPS) is 13.0. The molecule has 0 radical (unpaired) electrons. The summed E-state index contributed by atoms with van der Waals surface area (Å²) in [5.74, 6) is 0.518. The lowest BCUT2D eigenvalue weighted by Gasteiger charge is -2.28. The van der Waals surface area contributed by atoms with E-state index in [2.05, 4.69) is 41.5 Å². The number of nitrogens with zero attached hydrogens (tertiary/aromatic N) is 3. The first-order valence-electron chi connectivity index (χ1n) is 9.69. The fourth-order valence-electron chi connectivity index (χ4n) is 2.76. The van der Waals surface area contributed by atoms with E-state index in [4.69, 9.17) is 4.74 Å². The third kappa shape index (κ3) is 8.30. The van der Waals surface area contributed by atoms with Crippen LogP contribution in [0.25, 0.3) is 5.69 Å². The Labute approximate surface area is 190 Å². The van der Waals surface area contributed by atoms with E-state index in [1.165, 1.54) is 12.1 Å². The molecule has 0 aliphatic rings. The number of rotatable bonds is 8. The number of nitrogens with one attached hydrogen (secondary N) is 2. The van der Waals surface area contributed by atoms with E-state index >= 15 is 0 Å². The van der Waals surface area contributed by atoms with Gasteiger partial charge in [-0.25, -0.2) is 9.07 Å². The zero-order chi connectivity index (χ0) is 20.6. The minimum atomic E-state index is -0.252. The molecular weight excluding hydrogens is 484 g/mol. The summed E-state index contributed by atoms with van der Waals surface area (Å²) in [7, 11) is 1.73. The molecule has 0 aliphatic carbocycles. The van der Waals surface area contributed by atoms with E-state index in [9.17, 15) is 4.39 Å². The smallest absolute Gasteiger partial charge is 0.191 e. The number of hydrogen-bond acceptors (Lipinski definition) is 3. The maximum Gasteiger partial charge on any atom is 0.191 e. The van der Waals surface area contributed by atoms with E-state index in [-0.39, 0.29) is 41.3 Å². The molecule has 0 amide bonds. The lowest BCUT2D eigenvalue weighted by molar-refractivity contribution is 0.0241. The standard InChI is InChI=1S/C21H32FN5O.HI/c1-6-23-20(25-15-19(28-5)21(2,3)4)24-13-11-17-12-14-27(26-17)18-9-7-16(22)8-10-18;/h7-10,12,14,19H,6,11,13,15H2,1-5H3,(H2,23,24,25);1H. The van der Waals surface area contributed by atoms with Gasteiger partial charge in [-0.15, -0.1) is 24.0 Å². The number of guanidine groups is 1. The van der Waals surface area contributed by atoms with Crippen LogP contribution in [0.3, 0.4) is 0 Å². The second-order valence-electron chi connectivity index (χ2n) is 7.71. The summed E-state index contributed by atoms with van der Waals surface area (Å²) in [6.07, 6.45) is 2.69. The predicted octanol–water partition coefficient (Wildman–Crippen LogP) is 3.79. The van der Waals surface area contributed by atoms with Crippen LogP contribution in [0, 0.1) is 11.2 Å². The van der Waals surface area contributed by atoms with Gasteiger partial charge in [0, 0.05) is 32.8 Å². The average Bonchev–Trinajstić information content (AvgIpc) is 3.10. The van der Waals surface area contributed by atoms with Crippen LogP contribution in [-0.4, -0.2) is 48.6 Å². The molecule has 0 saturated heterocycles. The Balaban J connectivity index is 0.00000420. The molecule has 2 N–H and O–H groups in total. The molecule has 0 saturated carbocycles. The molecule has 1 atom stereocenters. The SMILES string of the molecule is CCNC(=NCC(OC)C(C)(C)C)NCCc1ccn(-c2ccc(F)cc2)n1.I. The Bertz CT molecular complexity index is 755. The first-order chi connectivity index (χ1) is 13.3. The van der Waals surface area contributed by atoms with Crippen LogP contribution < -0.4 is 10.6 Å². The highest BCUT2D eigenvalue weighted by molar-refractivity contribution is 14.0. The largest absolute Gasteiger partial charge is 0.379 e. The first-order valence-corrected chi connectivity index (χ1v) is 9.69. The van der Waals surface area contributed by atoms with Gasteiger partial charge in [0.05, 0.1) is 24.0 Å². The number of ether oxygens (including phenoxy) is 1. The third-order valence-electron chi connectivity index (χ3n) is 4.42. The molecule has 162 valence electrons. The molecular formula is C21H33FIN5O. The van der Waals surface area contributed by atoms with Gasteiger partial charge in [0.15, 0.2) is 5.96 Å². The number of benzene rings is 1. The molecule has 0 spiro atoms. The number of halogens is 2. The van der Waals surface area contributed by atoms with Gasteiger partial charge in [0.1, 0.15) is 5.82 Å². The molecule has 0 bridgehead atoms. The number of aromatic nitrogens is 2.